The van der Waals surface area contributed by atoms with Gasteiger partial charge in [-0.15, -0.1) is 0 Å². The molecule has 0 amide bonds. The Morgan fingerprint density at radius 1 is 0.947 bits per heavy atom. The molecule has 0 spiro atoms. The average molecular weight is 246 g/mol. The third kappa shape index (κ3) is 1.40. The van der Waals surface area contributed by atoms with E-state index in [1.54, 1.807) is 0 Å². The van der Waals surface area contributed by atoms with E-state index < -0.39 is 0 Å². The lowest BCUT2D eigenvalue weighted by Crippen LogP contribution is -1.92. The summed E-state index contributed by atoms with van der Waals surface area (Å²) in [6.07, 6.45) is 0. The molecule has 2 aromatic heterocycles. The van der Waals surface area contributed by atoms with E-state index >= 15 is 0 Å². The highest BCUT2D eigenvalue weighted by atomic mass is 15.0. The van der Waals surface area contributed by atoms with Crippen LogP contribution in [0.3, 0.4) is 0 Å². The smallest absolute Gasteiger partial charge is 0.146 e. The molecule has 0 aliphatic rings. The SMILES string of the molecule is Cc1ccc2nc3c4ccccc4cc(C)n3c2c1. The Morgan fingerprint density at radius 2 is 1.79 bits per heavy atom. The van der Waals surface area contributed by atoms with Crippen LogP contribution in [0.15, 0.2) is 48.5 Å². The summed E-state index contributed by atoms with van der Waals surface area (Å²) in [5, 5.41) is 2.46. The first-order valence-electron chi connectivity index (χ1n) is 6.51. The summed E-state index contributed by atoms with van der Waals surface area (Å²) in [7, 11) is 0. The van der Waals surface area contributed by atoms with Gasteiger partial charge in [-0.1, -0.05) is 30.3 Å². The minimum Gasteiger partial charge on any atom is -0.296 e. The summed E-state index contributed by atoms with van der Waals surface area (Å²) in [4.78, 5) is 4.81. The standard InChI is InChI=1S/C17H14N2/c1-11-7-8-15-16(9-11)19-12(2)10-13-5-3-4-6-14(13)17(19)18-15/h3-10H,1-2H3. The average Bonchev–Trinajstić information content (AvgIpc) is 2.78. The van der Waals surface area contributed by atoms with E-state index in [1.807, 2.05) is 0 Å². The number of fused-ring (bicyclic) bond motifs is 5. The van der Waals surface area contributed by atoms with Crippen LogP contribution in [0.5, 0.6) is 0 Å². The van der Waals surface area contributed by atoms with Crippen molar-refractivity contribution in [3.8, 4) is 0 Å². The second-order valence-electron chi connectivity index (χ2n) is 5.14. The summed E-state index contributed by atoms with van der Waals surface area (Å²) < 4.78 is 2.25. The monoisotopic (exact) mass is 246 g/mol. The number of rotatable bonds is 0. The molecule has 0 saturated heterocycles. The first-order chi connectivity index (χ1) is 9.24. The Labute approximate surface area is 111 Å². The van der Waals surface area contributed by atoms with E-state index in [0.29, 0.717) is 0 Å². The summed E-state index contributed by atoms with van der Waals surface area (Å²) in [5.41, 5.74) is 5.79. The minimum atomic E-state index is 1.05. The topological polar surface area (TPSA) is 17.3 Å². The molecule has 0 fully saturated rings. The fourth-order valence-corrected chi connectivity index (χ4v) is 2.84. The van der Waals surface area contributed by atoms with Crippen LogP contribution in [-0.2, 0) is 0 Å². The Morgan fingerprint density at radius 3 is 2.68 bits per heavy atom. The molecule has 0 aliphatic heterocycles. The fourth-order valence-electron chi connectivity index (χ4n) is 2.84. The van der Waals surface area contributed by atoms with Gasteiger partial charge in [0.2, 0.25) is 0 Å². The van der Waals surface area contributed by atoms with Crippen molar-refractivity contribution >= 4 is 27.5 Å². The van der Waals surface area contributed by atoms with E-state index in [9.17, 15) is 0 Å². The maximum atomic E-state index is 4.81. The fraction of sp³-hybridized carbons (Fsp3) is 0.118. The van der Waals surface area contributed by atoms with Crippen molar-refractivity contribution in [3.63, 3.8) is 0 Å². The van der Waals surface area contributed by atoms with Crippen molar-refractivity contribution in [1.82, 2.24) is 9.38 Å². The first-order valence-corrected chi connectivity index (χ1v) is 6.51. The molecule has 4 aromatic rings. The molecule has 0 bridgehead atoms. The number of aryl methyl sites for hydroxylation is 2. The minimum absolute atomic E-state index is 1.05. The van der Waals surface area contributed by atoms with Crippen LogP contribution in [0.1, 0.15) is 11.3 Å². The van der Waals surface area contributed by atoms with Crippen LogP contribution in [0.25, 0.3) is 27.5 Å². The third-order valence-corrected chi connectivity index (χ3v) is 3.73. The van der Waals surface area contributed by atoms with Crippen LogP contribution in [0.2, 0.25) is 0 Å². The lowest BCUT2D eigenvalue weighted by Gasteiger charge is -2.05. The van der Waals surface area contributed by atoms with Gasteiger partial charge >= 0.3 is 0 Å². The van der Waals surface area contributed by atoms with Gasteiger partial charge in [0.25, 0.3) is 0 Å². The van der Waals surface area contributed by atoms with Gasteiger partial charge in [-0.3, -0.25) is 4.40 Å². The summed E-state index contributed by atoms with van der Waals surface area (Å²) in [6.45, 7) is 4.26. The van der Waals surface area contributed by atoms with Gasteiger partial charge in [0, 0.05) is 11.1 Å². The van der Waals surface area contributed by atoms with E-state index in [2.05, 4.69) is 66.8 Å². The van der Waals surface area contributed by atoms with Crippen molar-refractivity contribution < 1.29 is 0 Å². The quantitative estimate of drug-likeness (QED) is 0.453. The molecule has 2 heteroatoms. The first kappa shape index (κ1) is 10.6. The van der Waals surface area contributed by atoms with Crippen LogP contribution < -0.4 is 0 Å². The molecule has 0 atom stereocenters. The largest absolute Gasteiger partial charge is 0.296 e. The molecule has 0 unspecified atom stereocenters. The van der Waals surface area contributed by atoms with E-state index in [4.69, 9.17) is 4.98 Å². The zero-order valence-electron chi connectivity index (χ0n) is 11.0. The Bertz CT molecular complexity index is 932. The highest BCUT2D eigenvalue weighted by molar-refractivity contribution is 5.98. The van der Waals surface area contributed by atoms with Crippen LogP contribution in [0, 0.1) is 13.8 Å². The number of hydrogen-bond donors (Lipinski definition) is 0. The maximum absolute atomic E-state index is 4.81. The second-order valence-corrected chi connectivity index (χ2v) is 5.14. The van der Waals surface area contributed by atoms with Crippen molar-refractivity contribution in [2.45, 2.75) is 13.8 Å². The summed E-state index contributed by atoms with van der Waals surface area (Å²) >= 11 is 0. The van der Waals surface area contributed by atoms with E-state index in [-0.39, 0.29) is 0 Å². The van der Waals surface area contributed by atoms with Gasteiger partial charge < -0.3 is 0 Å². The van der Waals surface area contributed by atoms with E-state index in [1.165, 1.54) is 27.5 Å². The molecule has 0 N–H and O–H groups in total. The summed E-state index contributed by atoms with van der Waals surface area (Å²) in [5.74, 6) is 0. The van der Waals surface area contributed by atoms with Crippen molar-refractivity contribution in [2.24, 2.45) is 0 Å². The number of pyridine rings is 1. The number of benzene rings is 2. The predicted octanol–water partition coefficient (Wildman–Crippen LogP) is 4.26. The van der Waals surface area contributed by atoms with Gasteiger partial charge in [0.15, 0.2) is 0 Å². The van der Waals surface area contributed by atoms with Crippen LogP contribution in [-0.4, -0.2) is 9.38 Å². The molecule has 0 radical (unpaired) electrons. The lowest BCUT2D eigenvalue weighted by atomic mass is 10.1. The third-order valence-electron chi connectivity index (χ3n) is 3.73. The highest BCUT2D eigenvalue weighted by Gasteiger charge is 2.10. The molecular weight excluding hydrogens is 232 g/mol. The van der Waals surface area contributed by atoms with Crippen molar-refractivity contribution in [1.29, 1.82) is 0 Å². The molecule has 2 aromatic carbocycles. The Kier molecular flexibility index (Phi) is 1.99. The molecule has 2 nitrogen and oxygen atoms in total. The second kappa shape index (κ2) is 3.58. The molecule has 4 rings (SSSR count). The van der Waals surface area contributed by atoms with Crippen molar-refractivity contribution in [3.05, 3.63) is 59.8 Å². The number of hydrogen-bond acceptors (Lipinski definition) is 1. The maximum Gasteiger partial charge on any atom is 0.146 e. The van der Waals surface area contributed by atoms with Gasteiger partial charge in [0.1, 0.15) is 5.65 Å². The van der Waals surface area contributed by atoms with Gasteiger partial charge in [0.05, 0.1) is 11.0 Å². The highest BCUT2D eigenvalue weighted by Crippen LogP contribution is 2.26. The molecule has 2 heterocycles. The normalized spacial score (nSPS) is 11.7. The number of aromatic nitrogens is 2. The molecule has 0 saturated carbocycles. The Hall–Kier alpha value is -2.35. The van der Waals surface area contributed by atoms with Gasteiger partial charge in [-0.05, 0) is 43.0 Å². The van der Waals surface area contributed by atoms with Crippen LogP contribution in [0.4, 0.5) is 0 Å². The molecule has 0 aliphatic carbocycles. The van der Waals surface area contributed by atoms with Crippen molar-refractivity contribution in [2.75, 3.05) is 0 Å². The van der Waals surface area contributed by atoms with E-state index in [0.717, 1.165) is 11.2 Å². The molecule has 92 valence electrons. The predicted molar refractivity (Wildman–Crippen MR) is 79.7 cm³/mol. The molecular formula is C17H14N2. The van der Waals surface area contributed by atoms with Crippen LogP contribution >= 0.6 is 0 Å². The number of imidazole rings is 1. The Balaban J connectivity index is 2.34. The zero-order chi connectivity index (χ0) is 13.0. The number of nitrogens with zero attached hydrogens (tertiary/aromatic N) is 2. The van der Waals surface area contributed by atoms with Gasteiger partial charge in [-0.25, -0.2) is 4.98 Å². The lowest BCUT2D eigenvalue weighted by molar-refractivity contribution is 1.14. The van der Waals surface area contributed by atoms with Gasteiger partial charge in [-0.2, -0.15) is 0 Å². The summed E-state index contributed by atoms with van der Waals surface area (Å²) in [6, 6.07) is 17.1. The zero-order valence-corrected chi connectivity index (χ0v) is 11.0. The molecule has 19 heavy (non-hydrogen) atoms.